The Morgan fingerprint density at radius 2 is 0.880 bits per heavy atom. The fraction of sp³-hybridized carbons (Fsp3) is 0. The maximum atomic E-state index is 16.6. The highest BCUT2D eigenvalue weighted by Gasteiger charge is 2.32. The molecule has 0 radical (unpaired) electrons. The van der Waals surface area contributed by atoms with Crippen molar-refractivity contribution in [3.05, 3.63) is 261 Å². The van der Waals surface area contributed by atoms with Crippen molar-refractivity contribution in [1.82, 2.24) is 14.4 Å². The molecular weight excluding hydrogens is 969 g/mol. The van der Waals surface area contributed by atoms with Gasteiger partial charge in [-0.25, -0.2) is 4.98 Å². The van der Waals surface area contributed by atoms with Crippen LogP contribution in [0, 0.1) is 0 Å². The van der Waals surface area contributed by atoms with Crippen LogP contribution in [-0.4, -0.2) is 14.4 Å². The molecule has 0 saturated carbocycles. The van der Waals surface area contributed by atoms with E-state index < -0.39 is 13.2 Å². The van der Waals surface area contributed by atoms with Crippen LogP contribution in [0.2, 0.25) is 0 Å². The molecule has 0 spiro atoms. The number of nitrogens with zero attached hydrogens (tertiary/aromatic N) is 3. The molecule has 0 saturated heterocycles. The second kappa shape index (κ2) is 17.0. The number of benzene rings is 12. The van der Waals surface area contributed by atoms with E-state index in [0.29, 0.717) is 0 Å². The molecule has 0 aliphatic carbocycles. The fourth-order valence-corrected chi connectivity index (χ4v) is 18.8. The Morgan fingerprint density at radius 3 is 1.51 bits per heavy atom. The summed E-state index contributed by atoms with van der Waals surface area (Å²) in [7, 11) is -3.46. The number of hydrogen-bond acceptors (Lipinski definition) is 4. The van der Waals surface area contributed by atoms with Gasteiger partial charge >= 0.3 is 0 Å². The standard InChI is InChI=1S/C68H43N3OP2S/c72-73(52-31-27-44-13-1-3-17-48(44)40-52,53-32-28-45-14-2-4-18-49(45)41-53)54-33-38-63-64(42-54)71-67-58-35-30-51(39-50(58)29-36-60(67)59-23-9-10-24-61(59)68(71)70-63)62-37-34-55(43-69-62)74(75,65-25-11-19-46-15-5-7-21-56(46)65)66-26-12-20-47-16-6-8-22-57(47)66/h1-43H. The topological polar surface area (TPSA) is 47.3 Å². The van der Waals surface area contributed by atoms with E-state index in [2.05, 4.69) is 229 Å². The Kier molecular flexibility index (Phi) is 9.97. The maximum Gasteiger partial charge on any atom is 0.171 e. The zero-order valence-electron chi connectivity index (χ0n) is 40.4. The third-order valence-electron chi connectivity index (χ3n) is 15.5. The number of imidazole rings is 1. The molecule has 0 N–H and O–H groups in total. The van der Waals surface area contributed by atoms with Gasteiger partial charge in [0, 0.05) is 65.8 Å². The highest BCUT2D eigenvalue weighted by Crippen LogP contribution is 2.48. The molecule has 0 amide bonds. The van der Waals surface area contributed by atoms with E-state index in [1.165, 1.54) is 32.2 Å². The van der Waals surface area contributed by atoms with Crippen LogP contribution in [-0.2, 0) is 16.4 Å². The molecule has 7 heteroatoms. The lowest BCUT2D eigenvalue weighted by atomic mass is 9.98. The number of hydrogen-bond donors (Lipinski definition) is 0. The Hall–Kier alpha value is -8.56. The van der Waals surface area contributed by atoms with Crippen molar-refractivity contribution in [2.24, 2.45) is 0 Å². The second-order valence-corrected chi connectivity index (χ2v) is 26.7. The van der Waals surface area contributed by atoms with Gasteiger partial charge in [-0.15, -0.1) is 0 Å². The zero-order valence-corrected chi connectivity index (χ0v) is 43.0. The van der Waals surface area contributed by atoms with Gasteiger partial charge in [0.1, 0.15) is 5.65 Å². The number of rotatable bonds is 7. The average Bonchev–Trinajstić information content (AvgIpc) is 3.88. The maximum absolute atomic E-state index is 16.6. The summed E-state index contributed by atoms with van der Waals surface area (Å²) >= 11 is 7.08. The molecule has 4 nitrogen and oxygen atoms in total. The lowest BCUT2D eigenvalue weighted by molar-refractivity contribution is 0.592. The molecule has 0 aliphatic rings. The summed E-state index contributed by atoms with van der Waals surface area (Å²) in [5, 5.41) is 20.2. The molecule has 3 aromatic heterocycles. The minimum atomic E-state index is -3.46. The average molecular weight is 1010 g/mol. The van der Waals surface area contributed by atoms with Gasteiger partial charge in [-0.05, 0) is 102 Å². The van der Waals surface area contributed by atoms with Gasteiger partial charge in [0.15, 0.2) is 7.14 Å². The summed E-state index contributed by atoms with van der Waals surface area (Å²) in [5.41, 5.74) is 5.54. The monoisotopic (exact) mass is 1010 g/mol. The van der Waals surface area contributed by atoms with Crippen LogP contribution in [0.25, 0.3) is 103 Å². The van der Waals surface area contributed by atoms with Crippen molar-refractivity contribution < 1.29 is 4.57 Å². The van der Waals surface area contributed by atoms with Crippen LogP contribution in [0.4, 0.5) is 0 Å². The van der Waals surface area contributed by atoms with Gasteiger partial charge in [0.2, 0.25) is 0 Å². The number of pyridine rings is 2. The first kappa shape index (κ1) is 44.0. The summed E-state index contributed by atoms with van der Waals surface area (Å²) in [5.74, 6) is 0. The molecule has 0 fully saturated rings. The third kappa shape index (κ3) is 6.76. The summed E-state index contributed by atoms with van der Waals surface area (Å²) in [4.78, 5) is 10.6. The summed E-state index contributed by atoms with van der Waals surface area (Å²) in [6.45, 7) is 0. The molecule has 3 heterocycles. The lowest BCUT2D eigenvalue weighted by Crippen LogP contribution is -2.26. The Morgan fingerprint density at radius 1 is 0.373 bits per heavy atom. The molecule has 0 unspecified atom stereocenters. The zero-order chi connectivity index (χ0) is 49.8. The molecule has 75 heavy (non-hydrogen) atoms. The van der Waals surface area contributed by atoms with Gasteiger partial charge in [-0.1, -0.05) is 218 Å². The summed E-state index contributed by atoms with van der Waals surface area (Å²) < 4.78 is 18.9. The van der Waals surface area contributed by atoms with E-state index in [9.17, 15) is 0 Å². The second-order valence-electron chi connectivity index (χ2n) is 19.6. The predicted molar refractivity (Wildman–Crippen MR) is 324 cm³/mol. The lowest BCUT2D eigenvalue weighted by Gasteiger charge is -2.27. The number of aromatic nitrogens is 3. The van der Waals surface area contributed by atoms with Crippen LogP contribution in [0.1, 0.15) is 0 Å². The van der Waals surface area contributed by atoms with Crippen molar-refractivity contribution in [2.75, 3.05) is 0 Å². The minimum Gasteiger partial charge on any atom is -0.309 e. The molecule has 0 aliphatic heterocycles. The van der Waals surface area contributed by atoms with E-state index in [1.54, 1.807) is 0 Å². The third-order valence-corrected chi connectivity index (χ3v) is 23.4. The van der Waals surface area contributed by atoms with Crippen molar-refractivity contribution in [3.63, 3.8) is 0 Å². The predicted octanol–water partition coefficient (Wildman–Crippen LogP) is 15.0. The van der Waals surface area contributed by atoms with E-state index in [4.69, 9.17) is 21.8 Å². The van der Waals surface area contributed by atoms with Crippen molar-refractivity contribution >= 4 is 149 Å². The van der Waals surface area contributed by atoms with Crippen LogP contribution < -0.4 is 31.8 Å². The molecule has 15 aromatic rings. The molecular formula is C68H43N3OP2S. The van der Waals surface area contributed by atoms with Gasteiger partial charge in [0.05, 0.1) is 22.2 Å². The summed E-state index contributed by atoms with van der Waals surface area (Å²) in [6.07, 6.45) is 2.03. The molecule has 15 rings (SSSR count). The first-order chi connectivity index (χ1) is 36.9. The fourth-order valence-electron chi connectivity index (χ4n) is 11.8. The Labute approximate surface area is 437 Å². The quantitative estimate of drug-likeness (QED) is 0.118. The minimum absolute atomic E-state index is 0.757. The molecule has 0 bridgehead atoms. The van der Waals surface area contributed by atoms with Gasteiger partial charge in [-0.3, -0.25) is 9.38 Å². The first-order valence-corrected chi connectivity index (χ1v) is 29.8. The first-order valence-electron chi connectivity index (χ1n) is 25.2. The van der Waals surface area contributed by atoms with Crippen molar-refractivity contribution in [3.8, 4) is 11.3 Å². The van der Waals surface area contributed by atoms with E-state index in [-0.39, 0.29) is 0 Å². The largest absolute Gasteiger partial charge is 0.309 e. The highest BCUT2D eigenvalue weighted by atomic mass is 32.4. The van der Waals surface area contributed by atoms with Gasteiger partial charge < -0.3 is 4.57 Å². The number of fused-ring (bicyclic) bond motifs is 14. The van der Waals surface area contributed by atoms with Crippen LogP contribution in [0.5, 0.6) is 0 Å². The van der Waals surface area contributed by atoms with Crippen LogP contribution >= 0.6 is 13.2 Å². The smallest absolute Gasteiger partial charge is 0.171 e. The van der Waals surface area contributed by atoms with E-state index >= 15 is 4.57 Å². The van der Waals surface area contributed by atoms with E-state index in [0.717, 1.165) is 103 Å². The SMILES string of the molecule is O=P(c1ccc2ccccc2c1)(c1ccc2ccccc2c1)c1ccc2nc3c4ccccc4c4ccc5cc(-c6ccc(P(=S)(c7cccc8ccccc78)c7cccc8ccccc78)cn6)ccc5c4n3c2c1. The highest BCUT2D eigenvalue weighted by molar-refractivity contribution is 8.25. The van der Waals surface area contributed by atoms with Crippen LogP contribution in [0.15, 0.2) is 261 Å². The van der Waals surface area contributed by atoms with Gasteiger partial charge in [-0.2, -0.15) is 0 Å². The normalized spacial score (nSPS) is 12.4. The van der Waals surface area contributed by atoms with Crippen molar-refractivity contribution in [2.45, 2.75) is 0 Å². The molecule has 0 atom stereocenters. The Bertz CT molecular complexity index is 4810. The molecule has 12 aromatic carbocycles. The van der Waals surface area contributed by atoms with Crippen molar-refractivity contribution in [1.29, 1.82) is 0 Å². The van der Waals surface area contributed by atoms with Crippen LogP contribution in [0.3, 0.4) is 0 Å². The van der Waals surface area contributed by atoms with Gasteiger partial charge in [0.25, 0.3) is 0 Å². The summed E-state index contributed by atoms with van der Waals surface area (Å²) in [6, 6.07) is 87.0. The van der Waals surface area contributed by atoms with E-state index in [1.807, 2.05) is 36.5 Å². The Balaban J connectivity index is 0.912. The molecule has 352 valence electrons.